The largest absolute Gasteiger partial charge is 0.393 e. The predicted octanol–water partition coefficient (Wildman–Crippen LogP) is 3.60. The Morgan fingerprint density at radius 3 is 2.55 bits per heavy atom. The number of rotatable bonds is 8. The molecular formula is C21H27F3N4O. The lowest BCUT2D eigenvalue weighted by Crippen LogP contribution is -2.38. The number of alkyl halides is 3. The van der Waals surface area contributed by atoms with Crippen molar-refractivity contribution in [3.05, 3.63) is 42.2 Å². The van der Waals surface area contributed by atoms with Gasteiger partial charge in [-0.2, -0.15) is 13.2 Å². The second-order valence-corrected chi connectivity index (χ2v) is 7.80. The van der Waals surface area contributed by atoms with E-state index >= 15 is 0 Å². The minimum Gasteiger partial charge on any atom is -0.338 e. The highest BCUT2D eigenvalue weighted by atomic mass is 19.4. The number of benzene rings is 1. The van der Waals surface area contributed by atoms with Gasteiger partial charge in [0.05, 0.1) is 6.42 Å². The van der Waals surface area contributed by atoms with Crippen LogP contribution in [0.15, 0.2) is 36.7 Å². The third kappa shape index (κ3) is 5.82. The molecule has 0 radical (unpaired) electrons. The van der Waals surface area contributed by atoms with Crippen molar-refractivity contribution in [2.45, 2.75) is 44.4 Å². The Bertz CT molecular complexity index is 814. The van der Waals surface area contributed by atoms with E-state index in [1.54, 1.807) is 18.3 Å². The van der Waals surface area contributed by atoms with E-state index < -0.39 is 12.6 Å². The van der Waals surface area contributed by atoms with Crippen LogP contribution in [0.2, 0.25) is 0 Å². The molecule has 1 atom stereocenters. The number of likely N-dealkylation sites (N-methyl/N-ethyl adjacent to an activating group) is 1. The molecule has 2 aromatic rings. The van der Waals surface area contributed by atoms with E-state index in [2.05, 4.69) is 9.88 Å². The fraction of sp³-hybridized carbons (Fsp3) is 0.524. The number of likely N-dealkylation sites (tertiary alicyclic amines) is 1. The van der Waals surface area contributed by atoms with Gasteiger partial charge in [0.1, 0.15) is 5.82 Å². The first kappa shape index (κ1) is 21.4. The zero-order valence-corrected chi connectivity index (χ0v) is 16.8. The number of nitrogens with zero attached hydrogens (tertiary/aromatic N) is 4. The van der Waals surface area contributed by atoms with E-state index in [0.29, 0.717) is 13.0 Å². The highest BCUT2D eigenvalue weighted by Gasteiger charge is 2.30. The van der Waals surface area contributed by atoms with Gasteiger partial charge in [0.25, 0.3) is 0 Å². The van der Waals surface area contributed by atoms with Gasteiger partial charge in [-0.1, -0.05) is 24.3 Å². The van der Waals surface area contributed by atoms with Crippen molar-refractivity contribution in [3.8, 4) is 11.4 Å². The van der Waals surface area contributed by atoms with Crippen LogP contribution < -0.4 is 0 Å². The molecule has 0 bridgehead atoms. The van der Waals surface area contributed by atoms with Crippen LogP contribution in [0.5, 0.6) is 0 Å². The van der Waals surface area contributed by atoms with E-state index in [0.717, 1.165) is 37.3 Å². The molecule has 0 saturated carbocycles. The molecule has 3 rings (SSSR count). The molecule has 1 saturated heterocycles. The summed E-state index contributed by atoms with van der Waals surface area (Å²) in [5, 5.41) is 0. The second-order valence-electron chi connectivity index (χ2n) is 7.80. The zero-order valence-electron chi connectivity index (χ0n) is 16.8. The number of halogens is 3. The maximum atomic E-state index is 12.5. The third-order valence-electron chi connectivity index (χ3n) is 5.28. The molecule has 1 aromatic heterocycles. The number of aryl methyl sites for hydroxylation is 1. The van der Waals surface area contributed by atoms with Crippen LogP contribution >= 0.6 is 0 Å². The molecule has 5 nitrogen and oxygen atoms in total. The lowest BCUT2D eigenvalue weighted by Gasteiger charge is -2.26. The summed E-state index contributed by atoms with van der Waals surface area (Å²) in [6, 6.07) is 6.58. The SMILES string of the molecule is CN(C)CCN1C(=O)CCC1CCn1ccnc1-c1ccc(CC(F)(F)F)cc1. The number of carbonyl (C=O) groups excluding carboxylic acids is 1. The van der Waals surface area contributed by atoms with Gasteiger partial charge in [0.2, 0.25) is 5.91 Å². The number of amides is 1. The standard InChI is InChI=1S/C21H27F3N4O/c1-26(2)13-14-28-18(7-8-19(28)29)9-11-27-12-10-25-20(27)17-5-3-16(4-6-17)15-21(22,23)24/h3-6,10,12,18H,7-9,11,13-15H2,1-2H3. The third-order valence-corrected chi connectivity index (χ3v) is 5.28. The molecule has 1 amide bonds. The van der Waals surface area contributed by atoms with Crippen LogP contribution in [-0.2, 0) is 17.8 Å². The smallest absolute Gasteiger partial charge is 0.338 e. The van der Waals surface area contributed by atoms with Gasteiger partial charge in [-0.15, -0.1) is 0 Å². The molecule has 2 heterocycles. The van der Waals surface area contributed by atoms with Crippen molar-refractivity contribution in [1.29, 1.82) is 0 Å². The van der Waals surface area contributed by atoms with Crippen LogP contribution in [0, 0.1) is 0 Å². The van der Waals surface area contributed by atoms with Gasteiger partial charge in [-0.05, 0) is 32.5 Å². The van der Waals surface area contributed by atoms with E-state index in [1.165, 1.54) is 12.1 Å². The minimum absolute atomic E-state index is 0.211. The molecular weight excluding hydrogens is 381 g/mol. The normalized spacial score (nSPS) is 17.5. The van der Waals surface area contributed by atoms with Crippen molar-refractivity contribution in [2.24, 2.45) is 0 Å². The summed E-state index contributed by atoms with van der Waals surface area (Å²) >= 11 is 0. The first-order chi connectivity index (χ1) is 13.7. The van der Waals surface area contributed by atoms with E-state index in [1.807, 2.05) is 29.8 Å². The molecule has 0 N–H and O–H groups in total. The van der Waals surface area contributed by atoms with E-state index in [-0.39, 0.29) is 17.5 Å². The lowest BCUT2D eigenvalue weighted by molar-refractivity contribution is -0.129. The second kappa shape index (κ2) is 8.98. The summed E-state index contributed by atoms with van der Waals surface area (Å²) in [4.78, 5) is 20.6. The van der Waals surface area contributed by atoms with Crippen molar-refractivity contribution >= 4 is 5.91 Å². The molecule has 1 unspecified atom stereocenters. The van der Waals surface area contributed by atoms with Crippen LogP contribution in [0.3, 0.4) is 0 Å². The van der Waals surface area contributed by atoms with Crippen LogP contribution in [0.25, 0.3) is 11.4 Å². The Kier molecular flexibility index (Phi) is 6.62. The molecule has 29 heavy (non-hydrogen) atoms. The fourth-order valence-electron chi connectivity index (χ4n) is 3.75. The Balaban J connectivity index is 1.64. The predicted molar refractivity (Wildman–Crippen MR) is 105 cm³/mol. The highest BCUT2D eigenvalue weighted by Crippen LogP contribution is 2.25. The quantitative estimate of drug-likeness (QED) is 0.670. The van der Waals surface area contributed by atoms with Crippen molar-refractivity contribution < 1.29 is 18.0 Å². The summed E-state index contributed by atoms with van der Waals surface area (Å²) in [6.45, 7) is 2.27. The summed E-state index contributed by atoms with van der Waals surface area (Å²) < 4.78 is 39.6. The maximum absolute atomic E-state index is 12.5. The topological polar surface area (TPSA) is 41.4 Å². The Labute approximate surface area is 169 Å². The molecule has 1 aliphatic heterocycles. The summed E-state index contributed by atoms with van der Waals surface area (Å²) in [6.07, 6.45) is 0.715. The molecule has 158 valence electrons. The van der Waals surface area contributed by atoms with Crippen molar-refractivity contribution in [2.75, 3.05) is 27.2 Å². The van der Waals surface area contributed by atoms with Crippen molar-refractivity contribution in [3.63, 3.8) is 0 Å². The van der Waals surface area contributed by atoms with Crippen LogP contribution in [0.4, 0.5) is 13.2 Å². The highest BCUT2D eigenvalue weighted by molar-refractivity contribution is 5.78. The monoisotopic (exact) mass is 408 g/mol. The molecule has 0 aliphatic carbocycles. The Morgan fingerprint density at radius 1 is 1.17 bits per heavy atom. The number of carbonyl (C=O) groups is 1. The first-order valence-corrected chi connectivity index (χ1v) is 9.84. The van der Waals surface area contributed by atoms with Crippen LogP contribution in [-0.4, -0.2) is 64.7 Å². The summed E-state index contributed by atoms with van der Waals surface area (Å²) in [7, 11) is 3.99. The van der Waals surface area contributed by atoms with Crippen LogP contribution in [0.1, 0.15) is 24.8 Å². The number of imidazole rings is 1. The average Bonchev–Trinajstić information content (AvgIpc) is 3.24. The Hall–Kier alpha value is -2.35. The van der Waals surface area contributed by atoms with Gasteiger partial charge in [-0.25, -0.2) is 4.98 Å². The minimum atomic E-state index is -4.21. The molecule has 1 aromatic carbocycles. The fourth-order valence-corrected chi connectivity index (χ4v) is 3.75. The molecule has 1 aliphatic rings. The van der Waals surface area contributed by atoms with Crippen molar-refractivity contribution in [1.82, 2.24) is 19.4 Å². The molecule has 1 fully saturated rings. The number of hydrogen-bond acceptors (Lipinski definition) is 3. The van der Waals surface area contributed by atoms with E-state index in [4.69, 9.17) is 0 Å². The summed E-state index contributed by atoms with van der Waals surface area (Å²) in [5.41, 5.74) is 1.02. The number of hydrogen-bond donors (Lipinski definition) is 0. The molecule has 0 spiro atoms. The van der Waals surface area contributed by atoms with Gasteiger partial charge in [-0.3, -0.25) is 4.79 Å². The van der Waals surface area contributed by atoms with Gasteiger partial charge >= 0.3 is 6.18 Å². The first-order valence-electron chi connectivity index (χ1n) is 9.84. The average molecular weight is 408 g/mol. The zero-order chi connectivity index (χ0) is 21.0. The van der Waals surface area contributed by atoms with Gasteiger partial charge < -0.3 is 14.4 Å². The number of aromatic nitrogens is 2. The van der Waals surface area contributed by atoms with Gasteiger partial charge in [0.15, 0.2) is 0 Å². The van der Waals surface area contributed by atoms with E-state index in [9.17, 15) is 18.0 Å². The van der Waals surface area contributed by atoms with Gasteiger partial charge in [0, 0.05) is 50.1 Å². The Morgan fingerprint density at radius 2 is 1.90 bits per heavy atom. The molecule has 8 heteroatoms. The maximum Gasteiger partial charge on any atom is 0.393 e. The summed E-state index contributed by atoms with van der Waals surface area (Å²) in [5.74, 6) is 0.940. The lowest BCUT2D eigenvalue weighted by atomic mass is 10.1.